The Kier molecular flexibility index (Phi) is 3.50. The smallest absolute Gasteiger partial charge is 0 e. The van der Waals surface area contributed by atoms with Crippen molar-refractivity contribution in [3.63, 3.8) is 0 Å². The zero-order valence-corrected chi connectivity index (χ0v) is 11.9. The van der Waals surface area contributed by atoms with Gasteiger partial charge in [0.25, 0.3) is 0 Å². The van der Waals surface area contributed by atoms with Crippen LogP contribution in [-0.2, 0) is 6.42 Å². The number of rotatable bonds is 1. The van der Waals surface area contributed by atoms with Crippen LogP contribution in [-0.4, -0.2) is 20.2 Å². The third kappa shape index (κ3) is 2.05. The lowest BCUT2D eigenvalue weighted by Crippen LogP contribution is -2.12. The fourth-order valence-corrected chi connectivity index (χ4v) is 6.96. The van der Waals surface area contributed by atoms with Crippen molar-refractivity contribution >= 4 is 21.6 Å². The van der Waals surface area contributed by atoms with Gasteiger partial charge in [0.1, 0.15) is 0 Å². The second-order valence-corrected chi connectivity index (χ2v) is 7.96. The Bertz CT molecular complexity index is 566. The molecule has 0 N–H and O–H groups in total. The minimum atomic E-state index is 0. The molecule has 0 nitrogen and oxygen atoms in total. The van der Waals surface area contributed by atoms with E-state index in [1.807, 2.05) is 0 Å². The third-order valence-electron chi connectivity index (χ3n) is 4.52. The molecule has 2 aromatic rings. The van der Waals surface area contributed by atoms with E-state index in [0.29, 0.717) is 0 Å². The van der Waals surface area contributed by atoms with E-state index in [1.54, 1.807) is 16.4 Å². The first-order valence-corrected chi connectivity index (χ1v) is 8.42. The average Bonchev–Trinajstić information content (AvgIpc) is 2.98. The summed E-state index contributed by atoms with van der Waals surface area (Å²) in [6.45, 7) is 0. The van der Waals surface area contributed by atoms with Crippen LogP contribution < -0.4 is 5.30 Å². The van der Waals surface area contributed by atoms with Crippen molar-refractivity contribution in [2.24, 2.45) is 0 Å². The second-order valence-electron chi connectivity index (χ2n) is 5.39. The first-order valence-electron chi connectivity index (χ1n) is 6.83. The number of hydrogen-bond acceptors (Lipinski definition) is 0. The zero-order chi connectivity index (χ0) is 11.9. The van der Waals surface area contributed by atoms with Crippen LogP contribution in [0.1, 0.15) is 23.5 Å². The number of fused-ring (bicyclic) bond motifs is 3. The van der Waals surface area contributed by atoms with Gasteiger partial charge in [-0.15, -0.1) is 0 Å². The van der Waals surface area contributed by atoms with E-state index < -0.39 is 0 Å². The molecule has 2 heteroatoms. The quantitative estimate of drug-likeness (QED) is 0.545. The molecule has 1 aliphatic carbocycles. The molecule has 1 fully saturated rings. The van der Waals surface area contributed by atoms with E-state index >= 15 is 0 Å². The van der Waals surface area contributed by atoms with Gasteiger partial charge in [0.2, 0.25) is 0 Å². The maximum absolute atomic E-state index is 2.36. The summed E-state index contributed by atoms with van der Waals surface area (Å²) in [5.74, 6) is 0.854. The average molecular weight is 263 g/mol. The molecule has 1 saturated heterocycles. The van der Waals surface area contributed by atoms with E-state index in [-0.39, 0.29) is 16.3 Å². The van der Waals surface area contributed by atoms with Crippen molar-refractivity contribution in [2.75, 3.05) is 6.16 Å². The Hall–Kier alpha value is -1.07. The van der Waals surface area contributed by atoms with Crippen LogP contribution in [0.15, 0.2) is 54.6 Å². The molecule has 19 heavy (non-hydrogen) atoms. The summed E-state index contributed by atoms with van der Waals surface area (Å²) < 4.78 is 0. The van der Waals surface area contributed by atoms with Gasteiger partial charge < -0.3 is 0 Å². The molecule has 4 rings (SSSR count). The van der Waals surface area contributed by atoms with E-state index in [9.17, 15) is 0 Å². The Morgan fingerprint density at radius 2 is 1.63 bits per heavy atom. The van der Waals surface area contributed by atoms with Gasteiger partial charge in [-0.05, 0) is 47.0 Å². The first-order chi connectivity index (χ1) is 8.93. The lowest BCUT2D eigenvalue weighted by molar-refractivity contribution is 0.709. The van der Waals surface area contributed by atoms with Crippen LogP contribution in [0.5, 0.6) is 0 Å². The van der Waals surface area contributed by atoms with Gasteiger partial charge in [-0.25, -0.2) is 0 Å². The normalized spacial score (nSPS) is 27.5. The van der Waals surface area contributed by atoms with Crippen molar-refractivity contribution in [3.8, 4) is 0 Å². The fourth-order valence-electron chi connectivity index (χ4n) is 3.72. The van der Waals surface area contributed by atoms with Gasteiger partial charge >= 0.3 is 0 Å². The van der Waals surface area contributed by atoms with Gasteiger partial charge in [-0.2, -0.15) is 0 Å². The molecule has 3 radical (unpaired) electrons. The molecule has 3 atom stereocenters. The van der Waals surface area contributed by atoms with Gasteiger partial charge in [0.05, 0.1) is 0 Å². The predicted octanol–water partition coefficient (Wildman–Crippen LogP) is 3.53. The second kappa shape index (κ2) is 5.14. The highest BCUT2D eigenvalue weighted by Gasteiger charge is 2.42. The van der Waals surface area contributed by atoms with Crippen LogP contribution in [0, 0.1) is 0 Å². The predicted molar refractivity (Wildman–Crippen MR) is 84.9 cm³/mol. The SMILES string of the molecule is [B].c1ccc([P@@]2CC[C@@H]3c4ccccc4C[C@@H]32)cc1. The molecular formula is C17H17BP. The van der Waals surface area contributed by atoms with Crippen LogP contribution in [0.3, 0.4) is 0 Å². The van der Waals surface area contributed by atoms with Crippen LogP contribution >= 0.6 is 7.92 Å². The molecule has 0 amide bonds. The molecule has 1 heterocycles. The van der Waals surface area contributed by atoms with Gasteiger partial charge in [0, 0.05) is 8.41 Å². The van der Waals surface area contributed by atoms with E-state index in [1.165, 1.54) is 19.0 Å². The van der Waals surface area contributed by atoms with E-state index in [2.05, 4.69) is 54.6 Å². The monoisotopic (exact) mass is 263 g/mol. The minimum Gasteiger partial charge on any atom is -0.0712 e. The van der Waals surface area contributed by atoms with Crippen molar-refractivity contribution in [1.29, 1.82) is 0 Å². The zero-order valence-electron chi connectivity index (χ0n) is 11.0. The summed E-state index contributed by atoms with van der Waals surface area (Å²) in [5.41, 5.74) is 4.19. The van der Waals surface area contributed by atoms with Crippen molar-refractivity contribution in [1.82, 2.24) is 0 Å². The molecule has 2 aliphatic rings. The largest absolute Gasteiger partial charge is 0.0712 e. The summed E-state index contributed by atoms with van der Waals surface area (Å²) in [5, 5.41) is 1.62. The summed E-state index contributed by atoms with van der Waals surface area (Å²) in [7, 11) is 0.0730. The van der Waals surface area contributed by atoms with Crippen molar-refractivity contribution < 1.29 is 0 Å². The molecule has 0 unspecified atom stereocenters. The molecule has 1 aliphatic heterocycles. The van der Waals surface area contributed by atoms with Crippen LogP contribution in [0.4, 0.5) is 0 Å². The number of hydrogen-bond donors (Lipinski definition) is 0. The molecule has 93 valence electrons. The van der Waals surface area contributed by atoms with Crippen molar-refractivity contribution in [3.05, 3.63) is 65.7 Å². The molecule has 2 aromatic carbocycles. The Balaban J connectivity index is 0.00000110. The standard InChI is InChI=1S/C17H17P.B/c1-2-7-14(8-3-1)18-11-10-16-15-9-5-4-6-13(15)12-17(16)18;/h1-9,16-17H,10-12H2;/t16-,17+,18-;/m1./s1. The highest BCUT2D eigenvalue weighted by molar-refractivity contribution is 7.66. The van der Waals surface area contributed by atoms with Gasteiger partial charge in [0.15, 0.2) is 0 Å². The molecule has 0 saturated carbocycles. The van der Waals surface area contributed by atoms with Gasteiger partial charge in [-0.3, -0.25) is 0 Å². The van der Waals surface area contributed by atoms with E-state index in [4.69, 9.17) is 0 Å². The van der Waals surface area contributed by atoms with Crippen LogP contribution in [0.2, 0.25) is 0 Å². The highest BCUT2D eigenvalue weighted by atomic mass is 31.1. The van der Waals surface area contributed by atoms with E-state index in [0.717, 1.165) is 11.6 Å². The summed E-state index contributed by atoms with van der Waals surface area (Å²) in [4.78, 5) is 0. The Morgan fingerprint density at radius 1 is 0.895 bits per heavy atom. The molecule has 0 aromatic heterocycles. The summed E-state index contributed by atoms with van der Waals surface area (Å²) in [6.07, 6.45) is 4.16. The molecular weight excluding hydrogens is 246 g/mol. The van der Waals surface area contributed by atoms with Gasteiger partial charge in [-0.1, -0.05) is 62.5 Å². The maximum atomic E-state index is 2.36. The molecule has 0 bridgehead atoms. The Labute approximate surface area is 118 Å². The fraction of sp³-hybridized carbons (Fsp3) is 0.294. The summed E-state index contributed by atoms with van der Waals surface area (Å²) in [6, 6.07) is 20.3. The highest BCUT2D eigenvalue weighted by Crippen LogP contribution is 2.60. The molecule has 0 spiro atoms. The van der Waals surface area contributed by atoms with Crippen LogP contribution in [0.25, 0.3) is 0 Å². The first kappa shape index (κ1) is 12.9. The lowest BCUT2D eigenvalue weighted by atomic mass is 9.99. The Morgan fingerprint density at radius 3 is 2.47 bits per heavy atom. The topological polar surface area (TPSA) is 0 Å². The minimum absolute atomic E-state index is 0. The van der Waals surface area contributed by atoms with Crippen molar-refractivity contribution in [2.45, 2.75) is 24.4 Å². The maximum Gasteiger partial charge on any atom is 0 e. The number of benzene rings is 2. The third-order valence-corrected chi connectivity index (χ3v) is 7.56. The summed E-state index contributed by atoms with van der Waals surface area (Å²) >= 11 is 0. The lowest BCUT2D eigenvalue weighted by Gasteiger charge is -2.19.